The maximum Gasteiger partial charge on any atom is 0.323 e. The van der Waals surface area contributed by atoms with Crippen molar-refractivity contribution >= 4 is 17.7 Å². The number of ether oxygens (including phenoxy) is 1. The molecule has 0 fully saturated rings. The Hall–Kier alpha value is -1.04. The molecular formula is C12H17NO3S. The lowest BCUT2D eigenvalue weighted by Crippen LogP contribution is -2.34. The number of esters is 1. The Balaban J connectivity index is 2.30. The smallest absolute Gasteiger partial charge is 0.323 e. The van der Waals surface area contributed by atoms with E-state index in [-0.39, 0.29) is 0 Å². The van der Waals surface area contributed by atoms with Gasteiger partial charge in [-0.1, -0.05) is 30.3 Å². The Labute approximate surface area is 105 Å². The number of aliphatic hydroxyl groups excluding tert-OH is 1. The fourth-order valence-corrected chi connectivity index (χ4v) is 2.24. The maximum absolute atomic E-state index is 11.0. The highest BCUT2D eigenvalue weighted by atomic mass is 32.2. The van der Waals surface area contributed by atoms with Crippen molar-refractivity contribution in [1.82, 2.24) is 0 Å². The Morgan fingerprint density at radius 1 is 1.41 bits per heavy atom. The van der Waals surface area contributed by atoms with Gasteiger partial charge in [0.1, 0.15) is 6.04 Å². The van der Waals surface area contributed by atoms with Gasteiger partial charge in [0.2, 0.25) is 0 Å². The Kier molecular flexibility index (Phi) is 6.04. The highest BCUT2D eigenvalue weighted by Crippen LogP contribution is 2.18. The average molecular weight is 255 g/mol. The molecule has 94 valence electrons. The molecular weight excluding hydrogens is 238 g/mol. The third-order valence-corrected chi connectivity index (χ3v) is 3.41. The molecule has 0 aliphatic carbocycles. The van der Waals surface area contributed by atoms with Crippen LogP contribution in [0.15, 0.2) is 30.3 Å². The second-order valence-electron chi connectivity index (χ2n) is 3.59. The lowest BCUT2D eigenvalue weighted by atomic mass is 10.1. The number of nitrogens with two attached hydrogens (primary N) is 1. The predicted molar refractivity (Wildman–Crippen MR) is 68.7 cm³/mol. The highest BCUT2D eigenvalue weighted by molar-refractivity contribution is 7.99. The topological polar surface area (TPSA) is 72.5 Å². The average Bonchev–Trinajstić information content (AvgIpc) is 2.38. The molecule has 0 bridgehead atoms. The van der Waals surface area contributed by atoms with E-state index in [0.29, 0.717) is 11.5 Å². The van der Waals surface area contributed by atoms with E-state index < -0.39 is 18.1 Å². The molecule has 5 heteroatoms. The number of hydrogen-bond donors (Lipinski definition) is 2. The molecule has 0 aromatic heterocycles. The van der Waals surface area contributed by atoms with Crippen molar-refractivity contribution in [3.63, 3.8) is 0 Å². The van der Waals surface area contributed by atoms with Gasteiger partial charge in [0.15, 0.2) is 0 Å². The molecule has 0 saturated carbocycles. The third kappa shape index (κ3) is 4.77. The number of carbonyl (C=O) groups is 1. The minimum Gasteiger partial charge on any atom is -0.468 e. The van der Waals surface area contributed by atoms with Gasteiger partial charge in [-0.3, -0.25) is 4.79 Å². The molecule has 1 aromatic carbocycles. The standard InChI is InChI=1S/C12H17NO3S/c1-16-12(15)10(13)7-17-8-11(14)9-5-3-2-4-6-9/h2-6,10-11,14H,7-8,13H2,1H3. The molecule has 0 radical (unpaired) electrons. The molecule has 0 spiro atoms. The van der Waals surface area contributed by atoms with Gasteiger partial charge in [-0.25, -0.2) is 0 Å². The van der Waals surface area contributed by atoms with Gasteiger partial charge in [-0.15, -0.1) is 0 Å². The molecule has 0 aliphatic rings. The van der Waals surface area contributed by atoms with Gasteiger partial charge in [0.25, 0.3) is 0 Å². The zero-order valence-electron chi connectivity index (χ0n) is 9.70. The summed E-state index contributed by atoms with van der Waals surface area (Å²) in [5.74, 6) is 0.525. The fraction of sp³-hybridized carbons (Fsp3) is 0.417. The van der Waals surface area contributed by atoms with Crippen LogP contribution in [0.5, 0.6) is 0 Å². The predicted octanol–water partition coefficient (Wildman–Crippen LogP) is 0.954. The van der Waals surface area contributed by atoms with Crippen LogP contribution in [-0.4, -0.2) is 35.7 Å². The number of methoxy groups -OCH3 is 1. The molecule has 1 aromatic rings. The minimum atomic E-state index is -0.632. The largest absolute Gasteiger partial charge is 0.468 e. The fourth-order valence-electron chi connectivity index (χ4n) is 1.30. The van der Waals surface area contributed by atoms with E-state index in [1.165, 1.54) is 18.9 Å². The van der Waals surface area contributed by atoms with Gasteiger partial charge in [0.05, 0.1) is 13.2 Å². The monoisotopic (exact) mass is 255 g/mol. The van der Waals surface area contributed by atoms with Crippen LogP contribution in [-0.2, 0) is 9.53 Å². The summed E-state index contributed by atoms with van der Waals surface area (Å²) in [4.78, 5) is 11.0. The molecule has 4 nitrogen and oxygen atoms in total. The van der Waals surface area contributed by atoms with E-state index in [1.54, 1.807) is 0 Å². The second-order valence-corrected chi connectivity index (χ2v) is 4.67. The molecule has 0 heterocycles. The zero-order valence-corrected chi connectivity index (χ0v) is 10.5. The first-order valence-electron chi connectivity index (χ1n) is 5.29. The van der Waals surface area contributed by atoms with E-state index in [2.05, 4.69) is 4.74 Å². The summed E-state index contributed by atoms with van der Waals surface area (Å²) in [5.41, 5.74) is 6.44. The van der Waals surface area contributed by atoms with Crippen LogP contribution in [0.25, 0.3) is 0 Å². The first-order valence-corrected chi connectivity index (χ1v) is 6.44. The van der Waals surface area contributed by atoms with Gasteiger partial charge in [-0.05, 0) is 5.56 Å². The van der Waals surface area contributed by atoms with Crippen molar-refractivity contribution in [2.24, 2.45) is 5.73 Å². The third-order valence-electron chi connectivity index (χ3n) is 2.26. The van der Waals surface area contributed by atoms with Gasteiger partial charge in [-0.2, -0.15) is 11.8 Å². The van der Waals surface area contributed by atoms with Crippen LogP contribution in [0.1, 0.15) is 11.7 Å². The molecule has 0 aliphatic heterocycles. The van der Waals surface area contributed by atoms with Gasteiger partial charge < -0.3 is 15.6 Å². The number of thioether (sulfide) groups is 1. The Morgan fingerprint density at radius 3 is 2.65 bits per heavy atom. The summed E-state index contributed by atoms with van der Waals surface area (Å²) in [6.07, 6.45) is -0.536. The zero-order chi connectivity index (χ0) is 12.7. The number of benzene rings is 1. The summed E-state index contributed by atoms with van der Waals surface area (Å²) in [6.45, 7) is 0. The number of carbonyl (C=O) groups excluding carboxylic acids is 1. The quantitative estimate of drug-likeness (QED) is 0.741. The van der Waals surface area contributed by atoms with Gasteiger partial charge in [0, 0.05) is 11.5 Å². The highest BCUT2D eigenvalue weighted by Gasteiger charge is 2.14. The molecule has 3 N–H and O–H groups in total. The van der Waals surface area contributed by atoms with Crippen molar-refractivity contribution in [3.8, 4) is 0 Å². The van der Waals surface area contributed by atoms with Crippen LogP contribution >= 0.6 is 11.8 Å². The van der Waals surface area contributed by atoms with Crippen LogP contribution in [0, 0.1) is 0 Å². The van der Waals surface area contributed by atoms with Crippen LogP contribution in [0.3, 0.4) is 0 Å². The summed E-state index contributed by atoms with van der Waals surface area (Å²) in [7, 11) is 1.31. The molecule has 2 atom stereocenters. The second kappa shape index (κ2) is 7.32. The Morgan fingerprint density at radius 2 is 2.06 bits per heavy atom. The van der Waals surface area contributed by atoms with Crippen molar-refractivity contribution in [2.45, 2.75) is 12.1 Å². The van der Waals surface area contributed by atoms with E-state index in [0.717, 1.165) is 5.56 Å². The normalized spacial score (nSPS) is 14.1. The number of rotatable bonds is 6. The first kappa shape index (κ1) is 14.0. The molecule has 2 unspecified atom stereocenters. The van der Waals surface area contributed by atoms with E-state index in [1.807, 2.05) is 30.3 Å². The minimum absolute atomic E-state index is 0.424. The molecule has 17 heavy (non-hydrogen) atoms. The summed E-state index contributed by atoms with van der Waals surface area (Å²) in [5, 5.41) is 9.85. The van der Waals surface area contributed by atoms with E-state index in [9.17, 15) is 9.90 Å². The van der Waals surface area contributed by atoms with Gasteiger partial charge >= 0.3 is 5.97 Å². The van der Waals surface area contributed by atoms with E-state index >= 15 is 0 Å². The summed E-state index contributed by atoms with van der Waals surface area (Å²) in [6, 6.07) is 8.76. The molecule has 1 rings (SSSR count). The van der Waals surface area contributed by atoms with Crippen LogP contribution in [0.4, 0.5) is 0 Å². The van der Waals surface area contributed by atoms with Crippen molar-refractivity contribution in [3.05, 3.63) is 35.9 Å². The van der Waals surface area contributed by atoms with Crippen molar-refractivity contribution in [2.75, 3.05) is 18.6 Å². The maximum atomic E-state index is 11.0. The summed E-state index contributed by atoms with van der Waals surface area (Å²) < 4.78 is 4.51. The SMILES string of the molecule is COC(=O)C(N)CSCC(O)c1ccccc1. The number of hydrogen-bond acceptors (Lipinski definition) is 5. The lowest BCUT2D eigenvalue weighted by molar-refractivity contribution is -0.141. The number of aliphatic hydroxyl groups is 1. The van der Waals surface area contributed by atoms with Crippen LogP contribution in [0.2, 0.25) is 0 Å². The lowest BCUT2D eigenvalue weighted by Gasteiger charge is -2.12. The summed E-state index contributed by atoms with van der Waals surface area (Å²) >= 11 is 1.43. The van der Waals surface area contributed by atoms with Crippen molar-refractivity contribution in [1.29, 1.82) is 0 Å². The molecule has 0 amide bonds. The van der Waals surface area contributed by atoms with E-state index in [4.69, 9.17) is 5.73 Å². The van der Waals surface area contributed by atoms with Crippen molar-refractivity contribution < 1.29 is 14.6 Å². The van der Waals surface area contributed by atoms with Crippen LogP contribution < -0.4 is 5.73 Å². The first-order chi connectivity index (χ1) is 8.15. The Bertz CT molecular complexity index is 345. The molecule has 0 saturated heterocycles.